The number of carbonyl (C=O) groups is 2. The fraction of sp³-hybridized carbons (Fsp3) is 0.556. The predicted octanol–water partition coefficient (Wildman–Crippen LogP) is 4.07. The molecule has 0 saturated heterocycles. The molecule has 1 aromatic rings. The zero-order valence-corrected chi connectivity index (χ0v) is 12.5. The molecular formula is C18H24O2. The summed E-state index contributed by atoms with van der Waals surface area (Å²) in [6, 6.07) is 9.67. The van der Waals surface area contributed by atoms with Crippen LogP contribution < -0.4 is 0 Å². The van der Waals surface area contributed by atoms with Crippen molar-refractivity contribution in [3.8, 4) is 0 Å². The fourth-order valence-corrected chi connectivity index (χ4v) is 3.15. The molecule has 108 valence electrons. The van der Waals surface area contributed by atoms with Crippen molar-refractivity contribution in [2.75, 3.05) is 0 Å². The molecule has 1 aliphatic carbocycles. The largest absolute Gasteiger partial charge is 0.298 e. The molecule has 0 heterocycles. The Kier molecular flexibility index (Phi) is 4.74. The van der Waals surface area contributed by atoms with E-state index in [0.717, 1.165) is 24.8 Å². The predicted molar refractivity (Wildman–Crippen MR) is 80.7 cm³/mol. The highest BCUT2D eigenvalue weighted by Gasteiger charge is 2.46. The molecule has 0 spiro atoms. The summed E-state index contributed by atoms with van der Waals surface area (Å²) >= 11 is 0. The Balaban J connectivity index is 2.34. The number of rotatable bonds is 5. The maximum atomic E-state index is 12.8. The average molecular weight is 272 g/mol. The summed E-state index contributed by atoms with van der Waals surface area (Å²) in [5.74, 6) is 0.747. The van der Waals surface area contributed by atoms with Crippen LogP contribution in [-0.2, 0) is 15.0 Å². The molecule has 1 fully saturated rings. The minimum Gasteiger partial charge on any atom is -0.298 e. The SMILES string of the molecule is CC(C)CCC(=O)[C@]1(c2ccccc2)CCCCC1=O. The van der Waals surface area contributed by atoms with Crippen molar-refractivity contribution in [1.29, 1.82) is 0 Å². The van der Waals surface area contributed by atoms with E-state index in [1.54, 1.807) is 0 Å². The van der Waals surface area contributed by atoms with Crippen LogP contribution in [0.4, 0.5) is 0 Å². The maximum absolute atomic E-state index is 12.8. The van der Waals surface area contributed by atoms with Gasteiger partial charge < -0.3 is 0 Å². The topological polar surface area (TPSA) is 34.1 Å². The summed E-state index contributed by atoms with van der Waals surface area (Å²) in [5.41, 5.74) is 0.0486. The van der Waals surface area contributed by atoms with Gasteiger partial charge >= 0.3 is 0 Å². The molecule has 2 nitrogen and oxygen atoms in total. The third-order valence-electron chi connectivity index (χ3n) is 4.37. The van der Waals surface area contributed by atoms with Crippen LogP contribution in [0.15, 0.2) is 30.3 Å². The van der Waals surface area contributed by atoms with E-state index in [2.05, 4.69) is 13.8 Å². The van der Waals surface area contributed by atoms with Gasteiger partial charge in [-0.25, -0.2) is 0 Å². The molecule has 2 heteroatoms. The summed E-state index contributed by atoms with van der Waals surface area (Å²) in [7, 11) is 0. The van der Waals surface area contributed by atoms with E-state index in [1.807, 2.05) is 30.3 Å². The van der Waals surface area contributed by atoms with Gasteiger partial charge in [-0.15, -0.1) is 0 Å². The van der Waals surface area contributed by atoms with E-state index < -0.39 is 5.41 Å². The minimum atomic E-state index is -0.853. The Labute approximate surface area is 121 Å². The van der Waals surface area contributed by atoms with E-state index in [9.17, 15) is 9.59 Å². The zero-order chi connectivity index (χ0) is 14.6. The monoisotopic (exact) mass is 272 g/mol. The summed E-state index contributed by atoms with van der Waals surface area (Å²) in [6.07, 6.45) is 4.49. The van der Waals surface area contributed by atoms with E-state index >= 15 is 0 Å². The molecular weight excluding hydrogens is 248 g/mol. The van der Waals surface area contributed by atoms with Gasteiger partial charge in [0.1, 0.15) is 5.41 Å². The lowest BCUT2D eigenvalue weighted by molar-refractivity contribution is -0.137. The van der Waals surface area contributed by atoms with Crippen LogP contribution >= 0.6 is 0 Å². The van der Waals surface area contributed by atoms with Gasteiger partial charge in [0.2, 0.25) is 0 Å². The number of hydrogen-bond donors (Lipinski definition) is 0. The number of Topliss-reactive ketones (excluding diaryl/α,β-unsaturated/α-hetero) is 2. The fourth-order valence-electron chi connectivity index (χ4n) is 3.15. The normalized spacial score (nSPS) is 23.1. The van der Waals surface area contributed by atoms with E-state index in [0.29, 0.717) is 25.2 Å². The lowest BCUT2D eigenvalue weighted by Gasteiger charge is -2.35. The maximum Gasteiger partial charge on any atom is 0.150 e. The van der Waals surface area contributed by atoms with Crippen molar-refractivity contribution in [3.63, 3.8) is 0 Å². The van der Waals surface area contributed by atoms with Gasteiger partial charge in [0.25, 0.3) is 0 Å². The third-order valence-corrected chi connectivity index (χ3v) is 4.37. The smallest absolute Gasteiger partial charge is 0.150 e. The van der Waals surface area contributed by atoms with Crippen molar-refractivity contribution in [1.82, 2.24) is 0 Å². The molecule has 1 saturated carbocycles. The highest BCUT2D eigenvalue weighted by Crippen LogP contribution is 2.39. The molecule has 1 aromatic carbocycles. The van der Waals surface area contributed by atoms with Gasteiger partial charge in [-0.05, 0) is 30.7 Å². The molecule has 0 bridgehead atoms. The Morgan fingerprint density at radius 3 is 2.50 bits per heavy atom. The summed E-state index contributed by atoms with van der Waals surface area (Å²) < 4.78 is 0. The van der Waals surface area contributed by atoms with Crippen molar-refractivity contribution in [2.24, 2.45) is 5.92 Å². The number of carbonyl (C=O) groups excluding carboxylic acids is 2. The van der Waals surface area contributed by atoms with Gasteiger partial charge in [-0.3, -0.25) is 9.59 Å². The van der Waals surface area contributed by atoms with Crippen LogP contribution in [0.3, 0.4) is 0 Å². The highest BCUT2D eigenvalue weighted by molar-refractivity contribution is 6.13. The van der Waals surface area contributed by atoms with Gasteiger partial charge in [0.05, 0.1) is 0 Å². The summed E-state index contributed by atoms with van der Waals surface area (Å²) in [6.45, 7) is 4.23. The van der Waals surface area contributed by atoms with Crippen LogP contribution in [0.2, 0.25) is 0 Å². The molecule has 0 aliphatic heterocycles. The Morgan fingerprint density at radius 2 is 1.90 bits per heavy atom. The van der Waals surface area contributed by atoms with E-state index in [4.69, 9.17) is 0 Å². The van der Waals surface area contributed by atoms with Crippen LogP contribution in [0.1, 0.15) is 57.9 Å². The minimum absolute atomic E-state index is 0.127. The van der Waals surface area contributed by atoms with E-state index in [-0.39, 0.29) is 11.6 Å². The second-order valence-corrected chi connectivity index (χ2v) is 6.26. The quantitative estimate of drug-likeness (QED) is 0.757. The van der Waals surface area contributed by atoms with Crippen molar-refractivity contribution >= 4 is 11.6 Å². The third kappa shape index (κ3) is 2.84. The van der Waals surface area contributed by atoms with Crippen molar-refractivity contribution in [2.45, 2.75) is 57.8 Å². The molecule has 0 amide bonds. The van der Waals surface area contributed by atoms with Crippen LogP contribution in [0.25, 0.3) is 0 Å². The molecule has 1 aliphatic rings. The summed E-state index contributed by atoms with van der Waals surface area (Å²) in [5, 5.41) is 0. The molecule has 20 heavy (non-hydrogen) atoms. The molecule has 0 unspecified atom stereocenters. The molecule has 2 rings (SSSR count). The van der Waals surface area contributed by atoms with Gasteiger partial charge in [0.15, 0.2) is 11.6 Å². The van der Waals surface area contributed by atoms with Gasteiger partial charge in [-0.2, -0.15) is 0 Å². The average Bonchev–Trinajstić information content (AvgIpc) is 2.46. The second-order valence-electron chi connectivity index (χ2n) is 6.26. The highest BCUT2D eigenvalue weighted by atomic mass is 16.2. The molecule has 1 atom stereocenters. The van der Waals surface area contributed by atoms with Gasteiger partial charge in [0, 0.05) is 12.8 Å². The standard InChI is InChI=1S/C18H24O2/c1-14(2)11-12-17(20)18(13-7-6-10-16(18)19)15-8-4-3-5-9-15/h3-5,8-9,14H,6-7,10-13H2,1-2H3/t18-/m0/s1. The van der Waals surface area contributed by atoms with Crippen LogP contribution in [0, 0.1) is 5.92 Å². The van der Waals surface area contributed by atoms with Gasteiger partial charge in [-0.1, -0.05) is 50.6 Å². The molecule has 0 aromatic heterocycles. The first-order chi connectivity index (χ1) is 9.57. The van der Waals surface area contributed by atoms with Crippen LogP contribution in [-0.4, -0.2) is 11.6 Å². The lowest BCUT2D eigenvalue weighted by atomic mass is 9.65. The molecule has 0 radical (unpaired) electrons. The first-order valence-electron chi connectivity index (χ1n) is 7.69. The molecule has 0 N–H and O–H groups in total. The zero-order valence-electron chi connectivity index (χ0n) is 12.5. The van der Waals surface area contributed by atoms with Crippen molar-refractivity contribution < 1.29 is 9.59 Å². The first kappa shape index (κ1) is 15.0. The van der Waals surface area contributed by atoms with E-state index in [1.165, 1.54) is 0 Å². The first-order valence-corrected chi connectivity index (χ1v) is 7.69. The number of hydrogen-bond acceptors (Lipinski definition) is 2. The lowest BCUT2D eigenvalue weighted by Crippen LogP contribution is -2.46. The second kappa shape index (κ2) is 6.34. The van der Waals surface area contributed by atoms with Crippen molar-refractivity contribution in [3.05, 3.63) is 35.9 Å². The Bertz CT molecular complexity index is 475. The van der Waals surface area contributed by atoms with Crippen LogP contribution in [0.5, 0.6) is 0 Å². The summed E-state index contributed by atoms with van der Waals surface area (Å²) in [4.78, 5) is 25.4. The number of ketones is 2. The Morgan fingerprint density at radius 1 is 1.20 bits per heavy atom. The Hall–Kier alpha value is -1.44. The number of benzene rings is 1.